The topological polar surface area (TPSA) is 64.3 Å². The Hall–Kier alpha value is -1.52. The molecule has 3 rings (SSSR count). The van der Waals surface area contributed by atoms with Crippen LogP contribution in [0.5, 0.6) is 5.88 Å². The molecule has 2 aliphatic rings. The van der Waals surface area contributed by atoms with Gasteiger partial charge in [0.15, 0.2) is 5.82 Å². The first kappa shape index (κ1) is 12.5. The average molecular weight is 262 g/mol. The van der Waals surface area contributed by atoms with Gasteiger partial charge in [0.2, 0.25) is 5.88 Å². The van der Waals surface area contributed by atoms with Gasteiger partial charge in [-0.1, -0.05) is 12.8 Å². The second kappa shape index (κ2) is 5.23. The van der Waals surface area contributed by atoms with Crippen molar-refractivity contribution in [3.05, 3.63) is 6.33 Å². The fourth-order valence-corrected chi connectivity index (χ4v) is 3.52. The number of rotatable bonds is 3. The molecular weight excluding hydrogens is 240 g/mol. The molecule has 1 aromatic rings. The third kappa shape index (κ3) is 2.22. The smallest absolute Gasteiger partial charge is 0.242 e. The minimum absolute atomic E-state index is 0.520. The van der Waals surface area contributed by atoms with Crippen molar-refractivity contribution in [2.45, 2.75) is 45.1 Å². The van der Waals surface area contributed by atoms with Crippen molar-refractivity contribution in [1.29, 1.82) is 0 Å². The summed E-state index contributed by atoms with van der Waals surface area (Å²) in [5, 5.41) is 0. The number of nitrogens with zero attached hydrogens (tertiary/aromatic N) is 3. The predicted octanol–water partition coefficient (Wildman–Crippen LogP) is 2.23. The van der Waals surface area contributed by atoms with E-state index in [4.69, 9.17) is 10.5 Å². The van der Waals surface area contributed by atoms with Crippen molar-refractivity contribution in [3.8, 4) is 5.88 Å². The number of nitrogen functional groups attached to an aromatic ring is 1. The molecule has 0 amide bonds. The van der Waals surface area contributed by atoms with Crippen LogP contribution >= 0.6 is 0 Å². The van der Waals surface area contributed by atoms with Crippen LogP contribution in [0.3, 0.4) is 0 Å². The molecular formula is C14H22N4O. The highest BCUT2D eigenvalue weighted by molar-refractivity contribution is 5.68. The van der Waals surface area contributed by atoms with E-state index in [2.05, 4.69) is 14.9 Å². The van der Waals surface area contributed by atoms with Gasteiger partial charge in [-0.2, -0.15) is 4.98 Å². The Morgan fingerprint density at radius 1 is 1.32 bits per heavy atom. The van der Waals surface area contributed by atoms with Crippen LogP contribution in [0, 0.1) is 5.92 Å². The maximum atomic E-state index is 6.18. The molecule has 5 nitrogen and oxygen atoms in total. The molecule has 1 aliphatic carbocycles. The van der Waals surface area contributed by atoms with E-state index in [-0.39, 0.29) is 0 Å². The molecule has 5 heteroatoms. The van der Waals surface area contributed by atoms with E-state index >= 15 is 0 Å². The van der Waals surface area contributed by atoms with Crippen LogP contribution in [-0.2, 0) is 0 Å². The molecule has 104 valence electrons. The van der Waals surface area contributed by atoms with Gasteiger partial charge in [0.25, 0.3) is 0 Å². The Balaban J connectivity index is 1.87. The van der Waals surface area contributed by atoms with Crippen molar-refractivity contribution in [2.24, 2.45) is 5.92 Å². The van der Waals surface area contributed by atoms with Crippen molar-refractivity contribution in [1.82, 2.24) is 9.97 Å². The normalized spacial score (nSPS) is 26.3. The predicted molar refractivity (Wildman–Crippen MR) is 75.3 cm³/mol. The number of aromatic nitrogens is 2. The van der Waals surface area contributed by atoms with Gasteiger partial charge in [0, 0.05) is 12.6 Å². The zero-order valence-electron chi connectivity index (χ0n) is 11.5. The van der Waals surface area contributed by atoms with Gasteiger partial charge < -0.3 is 15.4 Å². The lowest BCUT2D eigenvalue weighted by molar-refractivity contribution is 0.327. The molecule has 1 aliphatic heterocycles. The Labute approximate surface area is 114 Å². The first-order valence-electron chi connectivity index (χ1n) is 7.31. The summed E-state index contributed by atoms with van der Waals surface area (Å²) in [6, 6.07) is 0.612. The number of hydrogen-bond donors (Lipinski definition) is 1. The standard InChI is InChI=1S/C14H22N4O/c1-2-19-14-12(15)13(16-9-17-14)18-8-7-10-5-3-4-6-11(10)18/h9-11H,2-8,15H2,1H3. The lowest BCUT2D eigenvalue weighted by Gasteiger charge is -2.32. The number of anilines is 2. The van der Waals surface area contributed by atoms with Crippen molar-refractivity contribution in [3.63, 3.8) is 0 Å². The second-order valence-corrected chi connectivity index (χ2v) is 5.44. The lowest BCUT2D eigenvalue weighted by atomic mass is 9.85. The van der Waals surface area contributed by atoms with Gasteiger partial charge in [-0.05, 0) is 32.1 Å². The Kier molecular flexibility index (Phi) is 3.44. The molecule has 1 saturated heterocycles. The Morgan fingerprint density at radius 2 is 2.16 bits per heavy atom. The Morgan fingerprint density at radius 3 is 3.00 bits per heavy atom. The van der Waals surface area contributed by atoms with E-state index in [0.717, 1.165) is 18.3 Å². The van der Waals surface area contributed by atoms with Crippen LogP contribution in [0.25, 0.3) is 0 Å². The zero-order valence-corrected chi connectivity index (χ0v) is 11.5. The molecule has 2 atom stereocenters. The number of nitrogens with two attached hydrogens (primary N) is 1. The summed E-state index contributed by atoms with van der Waals surface area (Å²) in [7, 11) is 0. The van der Waals surface area contributed by atoms with Gasteiger partial charge in [0.1, 0.15) is 12.0 Å². The molecule has 1 saturated carbocycles. The summed E-state index contributed by atoms with van der Waals surface area (Å²) in [4.78, 5) is 10.9. The lowest BCUT2D eigenvalue weighted by Crippen LogP contribution is -2.35. The summed E-state index contributed by atoms with van der Waals surface area (Å²) in [6.45, 7) is 3.57. The number of ether oxygens (including phenoxy) is 1. The largest absolute Gasteiger partial charge is 0.476 e. The highest BCUT2D eigenvalue weighted by Crippen LogP contribution is 2.40. The first-order chi connectivity index (χ1) is 9.31. The van der Waals surface area contributed by atoms with Crippen LogP contribution in [0.15, 0.2) is 6.33 Å². The molecule has 0 aromatic carbocycles. The summed E-state index contributed by atoms with van der Waals surface area (Å²) in [6.07, 6.45) is 8.13. The van der Waals surface area contributed by atoms with Crippen LogP contribution in [0.2, 0.25) is 0 Å². The summed E-state index contributed by atoms with van der Waals surface area (Å²) >= 11 is 0. The van der Waals surface area contributed by atoms with Crippen LogP contribution in [-0.4, -0.2) is 29.2 Å². The Bertz CT molecular complexity index is 451. The van der Waals surface area contributed by atoms with E-state index < -0.39 is 0 Å². The fraction of sp³-hybridized carbons (Fsp3) is 0.714. The number of hydrogen-bond acceptors (Lipinski definition) is 5. The van der Waals surface area contributed by atoms with Crippen LogP contribution in [0.4, 0.5) is 11.5 Å². The highest BCUT2D eigenvalue weighted by atomic mass is 16.5. The SMILES string of the molecule is CCOc1ncnc(N2CCC3CCCCC32)c1N. The molecule has 0 radical (unpaired) electrons. The van der Waals surface area contributed by atoms with E-state index in [9.17, 15) is 0 Å². The molecule has 0 spiro atoms. The third-order valence-corrected chi connectivity index (χ3v) is 4.39. The summed E-state index contributed by atoms with van der Waals surface area (Å²) in [5.41, 5.74) is 6.77. The maximum Gasteiger partial charge on any atom is 0.242 e. The van der Waals surface area contributed by atoms with Crippen molar-refractivity contribution >= 4 is 11.5 Å². The van der Waals surface area contributed by atoms with E-state index in [1.54, 1.807) is 6.33 Å². The van der Waals surface area contributed by atoms with Crippen molar-refractivity contribution in [2.75, 3.05) is 23.8 Å². The van der Waals surface area contributed by atoms with Crippen LogP contribution < -0.4 is 15.4 Å². The van der Waals surface area contributed by atoms with E-state index in [1.807, 2.05) is 6.92 Å². The maximum absolute atomic E-state index is 6.18. The molecule has 2 fully saturated rings. The van der Waals surface area contributed by atoms with E-state index in [1.165, 1.54) is 32.1 Å². The molecule has 2 N–H and O–H groups in total. The van der Waals surface area contributed by atoms with Gasteiger partial charge in [-0.3, -0.25) is 0 Å². The highest BCUT2D eigenvalue weighted by Gasteiger charge is 2.37. The van der Waals surface area contributed by atoms with Gasteiger partial charge in [-0.15, -0.1) is 0 Å². The average Bonchev–Trinajstić information content (AvgIpc) is 2.85. The second-order valence-electron chi connectivity index (χ2n) is 5.44. The van der Waals surface area contributed by atoms with Crippen LogP contribution in [0.1, 0.15) is 39.0 Å². The molecule has 2 unspecified atom stereocenters. The quantitative estimate of drug-likeness (QED) is 0.905. The third-order valence-electron chi connectivity index (χ3n) is 4.39. The molecule has 0 bridgehead atoms. The minimum Gasteiger partial charge on any atom is -0.476 e. The summed E-state index contributed by atoms with van der Waals surface area (Å²) in [5.74, 6) is 2.21. The minimum atomic E-state index is 0.520. The number of fused-ring (bicyclic) bond motifs is 1. The fourth-order valence-electron chi connectivity index (χ4n) is 3.52. The van der Waals surface area contributed by atoms with Gasteiger partial charge in [0.05, 0.1) is 6.61 Å². The first-order valence-corrected chi connectivity index (χ1v) is 7.31. The molecule has 2 heterocycles. The van der Waals surface area contributed by atoms with Gasteiger partial charge >= 0.3 is 0 Å². The van der Waals surface area contributed by atoms with Gasteiger partial charge in [-0.25, -0.2) is 4.98 Å². The van der Waals surface area contributed by atoms with Crippen molar-refractivity contribution < 1.29 is 4.74 Å². The van der Waals surface area contributed by atoms with E-state index in [0.29, 0.717) is 24.2 Å². The molecule has 1 aromatic heterocycles. The monoisotopic (exact) mass is 262 g/mol. The molecule has 19 heavy (non-hydrogen) atoms. The zero-order chi connectivity index (χ0) is 13.2. The summed E-state index contributed by atoms with van der Waals surface area (Å²) < 4.78 is 5.47.